The molecule has 0 spiro atoms. The van der Waals surface area contributed by atoms with E-state index in [0.717, 1.165) is 4.90 Å². The van der Waals surface area contributed by atoms with E-state index in [2.05, 4.69) is 0 Å². The molecular weight excluding hydrogens is 310 g/mol. The molecule has 0 saturated carbocycles. The summed E-state index contributed by atoms with van der Waals surface area (Å²) in [6, 6.07) is 0. The zero-order valence-electron chi connectivity index (χ0n) is 12.8. The van der Waals surface area contributed by atoms with Crippen molar-refractivity contribution in [2.75, 3.05) is 59.4 Å². The van der Waals surface area contributed by atoms with Gasteiger partial charge >= 0.3 is 5.97 Å². The predicted octanol–water partition coefficient (Wildman–Crippen LogP) is -0.938. The van der Waals surface area contributed by atoms with E-state index in [4.69, 9.17) is 24.1 Å². The fourth-order valence-electron chi connectivity index (χ4n) is 1.63. The zero-order chi connectivity index (χ0) is 16.9. The quantitative estimate of drug-likeness (QED) is 0.321. The molecule has 0 aromatic carbocycles. The Bertz CT molecular complexity index is 405. The molecule has 23 heavy (non-hydrogen) atoms. The molecule has 2 amide bonds. The standard InChI is InChI=1S/C14H21NO8/c16-12-1-2-13(17)15(12)3-4-20-5-6-21-7-8-22-9-10-23-11-14(18)19/h1-2H,3-11H2,(H,18,19). The van der Waals surface area contributed by atoms with Gasteiger partial charge in [-0.2, -0.15) is 0 Å². The molecule has 1 aliphatic rings. The van der Waals surface area contributed by atoms with Crippen LogP contribution in [0.5, 0.6) is 0 Å². The first-order valence-corrected chi connectivity index (χ1v) is 7.17. The molecule has 0 saturated heterocycles. The summed E-state index contributed by atoms with van der Waals surface area (Å²) in [5.74, 6) is -1.65. The van der Waals surface area contributed by atoms with Gasteiger partial charge in [0.25, 0.3) is 11.8 Å². The largest absolute Gasteiger partial charge is 0.480 e. The van der Waals surface area contributed by atoms with Gasteiger partial charge in [-0.1, -0.05) is 0 Å². The van der Waals surface area contributed by atoms with Gasteiger partial charge in [-0.05, 0) is 0 Å². The number of amides is 2. The van der Waals surface area contributed by atoms with Crippen LogP contribution >= 0.6 is 0 Å². The summed E-state index contributed by atoms with van der Waals surface area (Å²) >= 11 is 0. The molecule has 1 N–H and O–H groups in total. The van der Waals surface area contributed by atoms with E-state index in [1.807, 2.05) is 0 Å². The Morgan fingerprint density at radius 1 is 0.826 bits per heavy atom. The maximum absolute atomic E-state index is 11.2. The maximum Gasteiger partial charge on any atom is 0.329 e. The van der Waals surface area contributed by atoms with E-state index in [1.54, 1.807) is 0 Å². The van der Waals surface area contributed by atoms with Gasteiger partial charge in [0, 0.05) is 12.2 Å². The Morgan fingerprint density at radius 3 is 1.74 bits per heavy atom. The fraction of sp³-hybridized carbons (Fsp3) is 0.643. The number of hydrogen-bond acceptors (Lipinski definition) is 7. The first-order chi connectivity index (χ1) is 11.1. The van der Waals surface area contributed by atoms with Gasteiger partial charge in [0.1, 0.15) is 6.61 Å². The van der Waals surface area contributed by atoms with Gasteiger partial charge in [-0.15, -0.1) is 0 Å². The maximum atomic E-state index is 11.2. The second-order valence-electron chi connectivity index (χ2n) is 4.44. The summed E-state index contributed by atoms with van der Waals surface area (Å²) < 4.78 is 20.5. The van der Waals surface area contributed by atoms with Crippen LogP contribution < -0.4 is 0 Å². The Morgan fingerprint density at radius 2 is 1.26 bits per heavy atom. The third-order valence-electron chi connectivity index (χ3n) is 2.70. The number of carboxylic acids is 1. The molecule has 0 aromatic heterocycles. The molecule has 0 atom stereocenters. The molecule has 9 nitrogen and oxygen atoms in total. The lowest BCUT2D eigenvalue weighted by Crippen LogP contribution is -2.33. The number of nitrogens with zero attached hydrogens (tertiary/aromatic N) is 1. The van der Waals surface area contributed by atoms with Gasteiger partial charge in [-0.25, -0.2) is 4.79 Å². The topological polar surface area (TPSA) is 112 Å². The average molecular weight is 331 g/mol. The molecule has 0 bridgehead atoms. The number of rotatable bonds is 14. The number of ether oxygens (including phenoxy) is 4. The summed E-state index contributed by atoms with van der Waals surface area (Å²) in [7, 11) is 0. The molecule has 1 rings (SSSR count). The number of carboxylic acid groups (broad SMARTS) is 1. The van der Waals surface area contributed by atoms with Gasteiger partial charge in [0.2, 0.25) is 0 Å². The van der Waals surface area contributed by atoms with E-state index in [0.29, 0.717) is 33.0 Å². The van der Waals surface area contributed by atoms with Crippen molar-refractivity contribution in [3.63, 3.8) is 0 Å². The highest BCUT2D eigenvalue weighted by Crippen LogP contribution is 2.02. The molecular formula is C14H21NO8. The van der Waals surface area contributed by atoms with Crippen LogP contribution in [-0.2, 0) is 33.3 Å². The Kier molecular flexibility index (Phi) is 9.80. The van der Waals surface area contributed by atoms with Crippen molar-refractivity contribution in [3.8, 4) is 0 Å². The fourth-order valence-corrected chi connectivity index (χ4v) is 1.63. The smallest absolute Gasteiger partial charge is 0.329 e. The minimum absolute atomic E-state index is 0.220. The molecule has 0 radical (unpaired) electrons. The Hall–Kier alpha value is -1.81. The van der Waals surface area contributed by atoms with Crippen LogP contribution in [0.25, 0.3) is 0 Å². The zero-order valence-corrected chi connectivity index (χ0v) is 12.8. The molecule has 1 heterocycles. The SMILES string of the molecule is O=C(O)COCCOCCOCCOCCN1C(=O)C=CC1=O. The van der Waals surface area contributed by atoms with Crippen LogP contribution in [0.15, 0.2) is 12.2 Å². The molecule has 130 valence electrons. The summed E-state index contributed by atoms with van der Waals surface area (Å²) in [6.07, 6.45) is 2.47. The molecule has 0 fully saturated rings. The van der Waals surface area contributed by atoms with Crippen molar-refractivity contribution in [3.05, 3.63) is 12.2 Å². The van der Waals surface area contributed by atoms with E-state index in [1.165, 1.54) is 12.2 Å². The van der Waals surface area contributed by atoms with Gasteiger partial charge in [0.05, 0.1) is 52.8 Å². The van der Waals surface area contributed by atoms with E-state index >= 15 is 0 Å². The number of imide groups is 1. The van der Waals surface area contributed by atoms with Crippen molar-refractivity contribution in [2.24, 2.45) is 0 Å². The first kappa shape index (κ1) is 19.2. The highest BCUT2D eigenvalue weighted by Gasteiger charge is 2.22. The average Bonchev–Trinajstić information content (AvgIpc) is 2.83. The van der Waals surface area contributed by atoms with Gasteiger partial charge < -0.3 is 24.1 Å². The van der Waals surface area contributed by atoms with Gasteiger partial charge in [-0.3, -0.25) is 14.5 Å². The summed E-state index contributed by atoms with van der Waals surface area (Å²) in [6.45, 7) is 2.17. The summed E-state index contributed by atoms with van der Waals surface area (Å²) in [5, 5.41) is 8.33. The van der Waals surface area contributed by atoms with Crippen LogP contribution in [0, 0.1) is 0 Å². The Labute approximate surface area is 133 Å². The van der Waals surface area contributed by atoms with E-state index in [9.17, 15) is 14.4 Å². The van der Waals surface area contributed by atoms with Crippen LogP contribution in [0.2, 0.25) is 0 Å². The molecule has 1 aliphatic heterocycles. The van der Waals surface area contributed by atoms with Crippen molar-refractivity contribution in [1.29, 1.82) is 0 Å². The molecule has 0 aromatic rings. The van der Waals surface area contributed by atoms with Crippen LogP contribution in [0.1, 0.15) is 0 Å². The Balaban J connectivity index is 1.79. The normalized spacial score (nSPS) is 14.0. The van der Waals surface area contributed by atoms with Crippen molar-refractivity contribution in [1.82, 2.24) is 4.90 Å². The first-order valence-electron chi connectivity index (χ1n) is 7.17. The number of carbonyl (C=O) groups excluding carboxylic acids is 2. The summed E-state index contributed by atoms with van der Waals surface area (Å²) in [4.78, 5) is 33.7. The number of carbonyl (C=O) groups is 3. The van der Waals surface area contributed by atoms with Crippen LogP contribution in [0.3, 0.4) is 0 Å². The molecule has 0 unspecified atom stereocenters. The number of hydrogen-bond donors (Lipinski definition) is 1. The minimum Gasteiger partial charge on any atom is -0.480 e. The summed E-state index contributed by atoms with van der Waals surface area (Å²) in [5.41, 5.74) is 0. The van der Waals surface area contributed by atoms with Crippen LogP contribution in [-0.4, -0.2) is 87.2 Å². The van der Waals surface area contributed by atoms with E-state index in [-0.39, 0.29) is 38.2 Å². The lowest BCUT2D eigenvalue weighted by atomic mass is 10.5. The molecule has 0 aliphatic carbocycles. The second-order valence-corrected chi connectivity index (χ2v) is 4.44. The van der Waals surface area contributed by atoms with Crippen LogP contribution in [0.4, 0.5) is 0 Å². The monoisotopic (exact) mass is 331 g/mol. The number of aliphatic carboxylic acids is 1. The van der Waals surface area contributed by atoms with Crippen molar-refractivity contribution in [2.45, 2.75) is 0 Å². The lowest BCUT2D eigenvalue weighted by molar-refractivity contribution is -0.143. The predicted molar refractivity (Wildman–Crippen MR) is 76.8 cm³/mol. The lowest BCUT2D eigenvalue weighted by Gasteiger charge is -2.13. The second kappa shape index (κ2) is 11.7. The minimum atomic E-state index is -1.01. The third-order valence-corrected chi connectivity index (χ3v) is 2.70. The highest BCUT2D eigenvalue weighted by atomic mass is 16.6. The van der Waals surface area contributed by atoms with Crippen molar-refractivity contribution >= 4 is 17.8 Å². The van der Waals surface area contributed by atoms with E-state index < -0.39 is 5.97 Å². The third kappa shape index (κ3) is 9.04. The van der Waals surface area contributed by atoms with Gasteiger partial charge in [0.15, 0.2) is 0 Å². The highest BCUT2D eigenvalue weighted by molar-refractivity contribution is 6.12. The molecule has 9 heteroatoms. The van der Waals surface area contributed by atoms with Crippen molar-refractivity contribution < 1.29 is 38.4 Å².